The van der Waals surface area contributed by atoms with Crippen LogP contribution < -0.4 is 0 Å². The fraction of sp³-hybridized carbons (Fsp3) is 0. The van der Waals surface area contributed by atoms with E-state index in [1.807, 2.05) is 29.5 Å². The SMILES string of the molecule is Clc1cccc2oc3c(-c4cccc5sc6ccccc6c45)cccc3c12. The van der Waals surface area contributed by atoms with E-state index in [1.165, 1.54) is 25.7 Å². The summed E-state index contributed by atoms with van der Waals surface area (Å²) in [6.45, 7) is 0. The highest BCUT2D eigenvalue weighted by molar-refractivity contribution is 7.25. The third-order valence-electron chi connectivity index (χ3n) is 5.16. The number of benzene rings is 4. The minimum atomic E-state index is 0.725. The van der Waals surface area contributed by atoms with Gasteiger partial charge in [0.2, 0.25) is 0 Å². The monoisotopic (exact) mass is 384 g/mol. The molecule has 128 valence electrons. The van der Waals surface area contributed by atoms with E-state index in [-0.39, 0.29) is 0 Å². The molecule has 0 amide bonds. The van der Waals surface area contributed by atoms with Gasteiger partial charge in [0.15, 0.2) is 0 Å². The van der Waals surface area contributed by atoms with Gasteiger partial charge >= 0.3 is 0 Å². The van der Waals surface area contributed by atoms with E-state index in [2.05, 4.69) is 60.7 Å². The number of para-hydroxylation sites is 1. The van der Waals surface area contributed by atoms with Crippen molar-refractivity contribution in [1.82, 2.24) is 0 Å². The zero-order valence-corrected chi connectivity index (χ0v) is 15.8. The molecule has 0 N–H and O–H groups in total. The van der Waals surface area contributed by atoms with E-state index in [0.717, 1.165) is 32.5 Å². The Morgan fingerprint density at radius 2 is 1.37 bits per heavy atom. The summed E-state index contributed by atoms with van der Waals surface area (Å²) >= 11 is 8.30. The predicted molar refractivity (Wildman–Crippen MR) is 117 cm³/mol. The lowest BCUT2D eigenvalue weighted by molar-refractivity contribution is 0.670. The Labute approximate surface area is 164 Å². The first-order valence-electron chi connectivity index (χ1n) is 8.81. The maximum absolute atomic E-state index is 6.47. The number of furan rings is 1. The summed E-state index contributed by atoms with van der Waals surface area (Å²) in [5.41, 5.74) is 4.02. The summed E-state index contributed by atoms with van der Waals surface area (Å²) < 4.78 is 8.87. The lowest BCUT2D eigenvalue weighted by Crippen LogP contribution is -1.80. The van der Waals surface area contributed by atoms with Crippen LogP contribution in [-0.4, -0.2) is 0 Å². The van der Waals surface area contributed by atoms with E-state index in [4.69, 9.17) is 16.0 Å². The van der Waals surface area contributed by atoms with Crippen LogP contribution in [0.15, 0.2) is 83.3 Å². The van der Waals surface area contributed by atoms with Gasteiger partial charge in [-0.1, -0.05) is 66.2 Å². The van der Waals surface area contributed by atoms with Crippen LogP contribution >= 0.6 is 22.9 Å². The molecule has 1 nitrogen and oxygen atoms in total. The Bertz CT molecular complexity index is 1490. The van der Waals surface area contributed by atoms with Crippen molar-refractivity contribution >= 4 is 65.0 Å². The smallest absolute Gasteiger partial charge is 0.143 e. The topological polar surface area (TPSA) is 13.1 Å². The van der Waals surface area contributed by atoms with Gasteiger partial charge in [0.1, 0.15) is 11.2 Å². The highest BCUT2D eigenvalue weighted by atomic mass is 35.5. The zero-order valence-electron chi connectivity index (χ0n) is 14.2. The van der Waals surface area contributed by atoms with Gasteiger partial charge in [-0.25, -0.2) is 0 Å². The Morgan fingerprint density at radius 3 is 2.33 bits per heavy atom. The van der Waals surface area contributed by atoms with E-state index >= 15 is 0 Å². The standard InChI is InChI=1S/C24H13ClOS/c25-18-10-5-11-19-23(18)17-9-3-8-15(24(17)26-19)14-7-4-13-21-22(14)16-6-1-2-12-20(16)27-21/h1-13H. The quantitative estimate of drug-likeness (QED) is 0.278. The van der Waals surface area contributed by atoms with Gasteiger partial charge in [-0.15, -0.1) is 11.3 Å². The fourth-order valence-corrected chi connectivity index (χ4v) is 5.42. The third-order valence-corrected chi connectivity index (χ3v) is 6.62. The molecule has 0 unspecified atom stereocenters. The fourth-order valence-electron chi connectivity index (χ4n) is 4.02. The van der Waals surface area contributed by atoms with Crippen LogP contribution in [0.4, 0.5) is 0 Å². The molecule has 0 spiro atoms. The molecule has 3 heteroatoms. The summed E-state index contributed by atoms with van der Waals surface area (Å²) in [4.78, 5) is 0. The van der Waals surface area contributed by atoms with Crippen molar-refractivity contribution < 1.29 is 4.42 Å². The van der Waals surface area contributed by atoms with Crippen molar-refractivity contribution in [3.63, 3.8) is 0 Å². The Hall–Kier alpha value is -2.81. The molecule has 2 aromatic heterocycles. The number of rotatable bonds is 1. The number of fused-ring (bicyclic) bond motifs is 6. The van der Waals surface area contributed by atoms with Crippen molar-refractivity contribution in [2.75, 3.05) is 0 Å². The Kier molecular flexibility index (Phi) is 3.16. The molecule has 4 aromatic carbocycles. The van der Waals surface area contributed by atoms with Crippen molar-refractivity contribution in [2.24, 2.45) is 0 Å². The average Bonchev–Trinajstić information content (AvgIpc) is 3.26. The third kappa shape index (κ3) is 2.11. The number of thiophene rings is 1. The molecule has 0 fully saturated rings. The second-order valence-electron chi connectivity index (χ2n) is 6.67. The van der Waals surface area contributed by atoms with Crippen LogP contribution in [0.25, 0.3) is 53.2 Å². The average molecular weight is 385 g/mol. The highest BCUT2D eigenvalue weighted by Crippen LogP contribution is 2.44. The van der Waals surface area contributed by atoms with Crippen molar-refractivity contribution in [3.8, 4) is 11.1 Å². The Balaban J connectivity index is 1.79. The lowest BCUT2D eigenvalue weighted by atomic mass is 9.97. The molecule has 6 aromatic rings. The zero-order chi connectivity index (χ0) is 18.0. The van der Waals surface area contributed by atoms with Crippen LogP contribution in [0.3, 0.4) is 0 Å². The molecule has 6 rings (SSSR count). The lowest BCUT2D eigenvalue weighted by Gasteiger charge is -2.06. The number of halogens is 1. The maximum atomic E-state index is 6.47. The number of hydrogen-bond acceptors (Lipinski definition) is 2. The van der Waals surface area contributed by atoms with Gasteiger partial charge in [-0.2, -0.15) is 0 Å². The van der Waals surface area contributed by atoms with Crippen LogP contribution in [0.2, 0.25) is 5.02 Å². The number of hydrogen-bond donors (Lipinski definition) is 0. The minimum absolute atomic E-state index is 0.725. The molecule has 0 aliphatic rings. The van der Waals surface area contributed by atoms with Crippen molar-refractivity contribution in [1.29, 1.82) is 0 Å². The predicted octanol–water partition coefficient (Wildman–Crippen LogP) is 8.27. The van der Waals surface area contributed by atoms with E-state index in [1.54, 1.807) is 0 Å². The molecule has 0 atom stereocenters. The molecule has 2 heterocycles. The van der Waals surface area contributed by atoms with Gasteiger partial charge < -0.3 is 4.42 Å². The summed E-state index contributed by atoms with van der Waals surface area (Å²) in [7, 11) is 0. The molecule has 0 aliphatic carbocycles. The van der Waals surface area contributed by atoms with Crippen molar-refractivity contribution in [3.05, 3.63) is 83.9 Å². The normalized spacial score (nSPS) is 11.9. The summed E-state index contributed by atoms with van der Waals surface area (Å²) in [6.07, 6.45) is 0. The van der Waals surface area contributed by atoms with E-state index in [9.17, 15) is 0 Å². The van der Waals surface area contributed by atoms with Gasteiger partial charge in [0.05, 0.1) is 5.02 Å². The molecule has 0 saturated carbocycles. The van der Waals surface area contributed by atoms with Crippen LogP contribution in [-0.2, 0) is 0 Å². The largest absolute Gasteiger partial charge is 0.455 e. The van der Waals surface area contributed by atoms with Gasteiger partial charge in [0.25, 0.3) is 0 Å². The van der Waals surface area contributed by atoms with Crippen molar-refractivity contribution in [2.45, 2.75) is 0 Å². The minimum Gasteiger partial charge on any atom is -0.455 e. The van der Waals surface area contributed by atoms with Gasteiger partial charge in [-0.3, -0.25) is 0 Å². The summed E-state index contributed by atoms with van der Waals surface area (Å²) in [6, 6.07) is 27.2. The first-order valence-corrected chi connectivity index (χ1v) is 10.0. The van der Waals surface area contributed by atoms with Gasteiger partial charge in [0, 0.05) is 36.5 Å². The molecule has 27 heavy (non-hydrogen) atoms. The molecule has 0 saturated heterocycles. The molecular weight excluding hydrogens is 372 g/mol. The maximum Gasteiger partial charge on any atom is 0.143 e. The van der Waals surface area contributed by atoms with E-state index in [0.29, 0.717) is 0 Å². The first-order chi connectivity index (χ1) is 13.3. The first kappa shape index (κ1) is 15.3. The van der Waals surface area contributed by atoms with Crippen LogP contribution in [0, 0.1) is 0 Å². The summed E-state index contributed by atoms with van der Waals surface area (Å²) in [5, 5.41) is 5.35. The van der Waals surface area contributed by atoms with Crippen LogP contribution in [0.1, 0.15) is 0 Å². The second kappa shape index (κ2) is 5.59. The molecule has 0 aliphatic heterocycles. The van der Waals surface area contributed by atoms with E-state index < -0.39 is 0 Å². The molecular formula is C24H13ClOS. The van der Waals surface area contributed by atoms with Crippen LogP contribution in [0.5, 0.6) is 0 Å². The Morgan fingerprint density at radius 1 is 0.630 bits per heavy atom. The highest BCUT2D eigenvalue weighted by Gasteiger charge is 2.17. The molecule has 0 radical (unpaired) electrons. The second-order valence-corrected chi connectivity index (χ2v) is 8.17. The van der Waals surface area contributed by atoms with Gasteiger partial charge in [-0.05, 0) is 29.8 Å². The summed E-state index contributed by atoms with van der Waals surface area (Å²) in [5.74, 6) is 0. The molecule has 0 bridgehead atoms.